The van der Waals surface area contributed by atoms with E-state index in [0.29, 0.717) is 15.3 Å². The second-order valence-corrected chi connectivity index (χ2v) is 5.11. The number of para-hydroxylation sites is 1. The molecule has 7 heteroatoms. The molecule has 2 N–H and O–H groups in total. The van der Waals surface area contributed by atoms with Gasteiger partial charge in [-0.15, -0.1) is 11.3 Å². The van der Waals surface area contributed by atoms with E-state index in [1.165, 1.54) is 11.3 Å². The van der Waals surface area contributed by atoms with Crippen molar-refractivity contribution in [2.75, 3.05) is 0 Å². The lowest BCUT2D eigenvalue weighted by atomic mass is 10.3. The number of aromatic nitrogens is 3. The number of hydrogen-bond acceptors (Lipinski definition) is 4. The zero-order chi connectivity index (χ0) is 12.5. The number of H-pyrrole nitrogens is 2. The van der Waals surface area contributed by atoms with E-state index in [2.05, 4.69) is 10.3 Å². The van der Waals surface area contributed by atoms with Crippen LogP contribution in [0.3, 0.4) is 0 Å². The number of hydrogen-bond donors (Lipinski definition) is 2. The Hall–Kier alpha value is -1.99. The maximum absolute atomic E-state index is 11.8. The lowest BCUT2D eigenvalue weighted by Crippen LogP contribution is -2.36. The maximum atomic E-state index is 11.8. The fourth-order valence-corrected chi connectivity index (χ4v) is 2.48. The Labute approximate surface area is 110 Å². The minimum absolute atomic E-state index is 0.397. The van der Waals surface area contributed by atoms with E-state index >= 15 is 0 Å². The van der Waals surface area contributed by atoms with Crippen molar-refractivity contribution in [3.63, 3.8) is 0 Å². The smallest absolute Gasteiger partial charge is 0.332 e. The molecule has 0 unspecified atom stereocenters. The van der Waals surface area contributed by atoms with Crippen molar-refractivity contribution in [3.05, 3.63) is 50.1 Å². The number of benzene rings is 1. The average molecular weight is 278 g/mol. The average Bonchev–Trinajstić information content (AvgIpc) is 2.96. The Balaban J connectivity index is 2.25. The van der Waals surface area contributed by atoms with Gasteiger partial charge in [0.05, 0.1) is 0 Å². The second-order valence-electron chi connectivity index (χ2n) is 3.56. The number of nitrogens with one attached hydrogen (secondary N) is 2. The van der Waals surface area contributed by atoms with Crippen LogP contribution in [-0.4, -0.2) is 10.3 Å². The van der Waals surface area contributed by atoms with Crippen LogP contribution in [0.4, 0.5) is 0 Å². The normalized spacial score (nSPS) is 10.7. The van der Waals surface area contributed by atoms with Crippen LogP contribution in [-0.2, 0) is 0 Å². The first-order valence-corrected chi connectivity index (χ1v) is 6.41. The molecule has 1 aromatic carbocycles. The standard InChI is InChI=1S/C11H7N3O2S2/c15-10-9(8-6-18-11(17)12-8)14(13-16-10)7-4-2-1-3-5-7/h1-6H,(H-,12,13,15,17)/p+1. The molecule has 5 nitrogen and oxygen atoms in total. The number of thiazole rings is 1. The van der Waals surface area contributed by atoms with E-state index in [-0.39, 0.29) is 0 Å². The zero-order valence-electron chi connectivity index (χ0n) is 9.04. The molecule has 0 bridgehead atoms. The quantitative estimate of drug-likeness (QED) is 0.557. The Kier molecular flexibility index (Phi) is 2.69. The minimum atomic E-state index is -0.442. The Bertz CT molecular complexity index is 782. The van der Waals surface area contributed by atoms with Crippen molar-refractivity contribution >= 4 is 23.6 Å². The van der Waals surface area contributed by atoms with E-state index in [4.69, 9.17) is 16.7 Å². The van der Waals surface area contributed by atoms with Crippen LogP contribution in [0.25, 0.3) is 17.1 Å². The summed E-state index contributed by atoms with van der Waals surface area (Å²) in [4.78, 5) is 14.7. The van der Waals surface area contributed by atoms with Gasteiger partial charge in [0, 0.05) is 17.5 Å². The molecule has 3 rings (SSSR count). The van der Waals surface area contributed by atoms with Gasteiger partial charge in [0.1, 0.15) is 5.69 Å². The molecule has 2 heterocycles. The second kappa shape index (κ2) is 4.35. The summed E-state index contributed by atoms with van der Waals surface area (Å²) in [7, 11) is 0. The molecule has 90 valence electrons. The summed E-state index contributed by atoms with van der Waals surface area (Å²) >= 11 is 6.39. The van der Waals surface area contributed by atoms with Gasteiger partial charge in [-0.1, -0.05) is 18.2 Å². The third kappa shape index (κ3) is 1.83. The summed E-state index contributed by atoms with van der Waals surface area (Å²) in [6.07, 6.45) is 0. The molecule has 0 radical (unpaired) electrons. The van der Waals surface area contributed by atoms with Gasteiger partial charge in [0.15, 0.2) is 3.95 Å². The summed E-state index contributed by atoms with van der Waals surface area (Å²) in [6.45, 7) is 0. The molecule has 0 atom stereocenters. The molecule has 0 amide bonds. The van der Waals surface area contributed by atoms with Crippen molar-refractivity contribution in [1.82, 2.24) is 10.3 Å². The lowest BCUT2D eigenvalue weighted by molar-refractivity contribution is -0.660. The molecule has 0 saturated carbocycles. The predicted octanol–water partition coefficient (Wildman–Crippen LogP) is 2.03. The highest BCUT2D eigenvalue weighted by Gasteiger charge is 2.26. The molecule has 0 aliphatic heterocycles. The van der Waals surface area contributed by atoms with Gasteiger partial charge in [-0.3, -0.25) is 4.52 Å². The van der Waals surface area contributed by atoms with E-state index in [0.717, 1.165) is 5.69 Å². The molecule has 0 aliphatic carbocycles. The highest BCUT2D eigenvalue weighted by atomic mass is 32.1. The van der Waals surface area contributed by atoms with Gasteiger partial charge < -0.3 is 4.98 Å². The molecular weight excluding hydrogens is 270 g/mol. The van der Waals surface area contributed by atoms with Crippen molar-refractivity contribution < 1.29 is 9.20 Å². The van der Waals surface area contributed by atoms with Gasteiger partial charge in [-0.05, 0) is 22.2 Å². The van der Waals surface area contributed by atoms with Gasteiger partial charge in [-0.25, -0.2) is 4.79 Å². The summed E-state index contributed by atoms with van der Waals surface area (Å²) in [6, 6.07) is 9.41. The van der Waals surface area contributed by atoms with E-state index in [1.54, 1.807) is 10.1 Å². The molecule has 0 saturated heterocycles. The molecule has 0 spiro atoms. The number of rotatable bonds is 2. The third-order valence-corrected chi connectivity index (χ3v) is 3.50. The first-order chi connectivity index (χ1) is 8.75. The molecule has 0 fully saturated rings. The number of aromatic amines is 2. The Morgan fingerprint density at radius 1 is 1.28 bits per heavy atom. The van der Waals surface area contributed by atoms with Crippen LogP contribution >= 0.6 is 23.6 Å². The Morgan fingerprint density at radius 3 is 2.72 bits per heavy atom. The Morgan fingerprint density at radius 2 is 2.06 bits per heavy atom. The van der Waals surface area contributed by atoms with Crippen LogP contribution in [0.1, 0.15) is 0 Å². The first-order valence-electron chi connectivity index (χ1n) is 5.13. The van der Waals surface area contributed by atoms with Crippen molar-refractivity contribution in [2.24, 2.45) is 0 Å². The van der Waals surface area contributed by atoms with Crippen LogP contribution in [0.2, 0.25) is 0 Å². The zero-order valence-corrected chi connectivity index (χ0v) is 10.7. The van der Waals surface area contributed by atoms with Crippen LogP contribution in [0.15, 0.2) is 45.0 Å². The highest BCUT2D eigenvalue weighted by molar-refractivity contribution is 7.73. The van der Waals surface area contributed by atoms with Crippen molar-refractivity contribution in [1.29, 1.82) is 0 Å². The topological polar surface area (TPSA) is 65.7 Å². The third-order valence-electron chi connectivity index (χ3n) is 2.44. The highest BCUT2D eigenvalue weighted by Crippen LogP contribution is 2.14. The molecule has 2 aromatic heterocycles. The van der Waals surface area contributed by atoms with Gasteiger partial charge in [0.25, 0.3) is 0 Å². The first kappa shape index (κ1) is 11.1. The largest absolute Gasteiger partial charge is 0.437 e. The summed E-state index contributed by atoms with van der Waals surface area (Å²) < 4.78 is 7.04. The number of nitrogens with zero attached hydrogens (tertiary/aromatic N) is 1. The molecule has 18 heavy (non-hydrogen) atoms. The lowest BCUT2D eigenvalue weighted by Gasteiger charge is -1.91. The molecule has 0 aliphatic rings. The monoisotopic (exact) mass is 278 g/mol. The maximum Gasteiger partial charge on any atom is 0.437 e. The fourth-order valence-electron chi connectivity index (χ4n) is 1.66. The van der Waals surface area contributed by atoms with Gasteiger partial charge in [0.2, 0.25) is 5.69 Å². The molecule has 3 aromatic rings. The van der Waals surface area contributed by atoms with Crippen LogP contribution in [0.5, 0.6) is 0 Å². The van der Waals surface area contributed by atoms with Crippen LogP contribution < -0.4 is 10.3 Å². The van der Waals surface area contributed by atoms with E-state index < -0.39 is 5.63 Å². The van der Waals surface area contributed by atoms with Crippen molar-refractivity contribution in [3.8, 4) is 17.1 Å². The SMILES string of the molecule is O=c1o[nH][n+](-c2ccccc2)c1-c1csc(=S)[nH]1. The minimum Gasteiger partial charge on any atom is -0.332 e. The summed E-state index contributed by atoms with van der Waals surface area (Å²) in [5.74, 6) is 0. The summed E-state index contributed by atoms with van der Waals surface area (Å²) in [5, 5.41) is 4.37. The van der Waals surface area contributed by atoms with Crippen LogP contribution in [0, 0.1) is 3.95 Å². The van der Waals surface area contributed by atoms with E-state index in [1.807, 2.05) is 30.3 Å². The van der Waals surface area contributed by atoms with Gasteiger partial charge >= 0.3 is 11.3 Å². The van der Waals surface area contributed by atoms with Gasteiger partial charge in [-0.2, -0.15) is 0 Å². The van der Waals surface area contributed by atoms with E-state index in [9.17, 15) is 4.79 Å². The summed E-state index contributed by atoms with van der Waals surface area (Å²) in [5.41, 5.74) is 1.41. The van der Waals surface area contributed by atoms with Crippen molar-refractivity contribution in [2.45, 2.75) is 0 Å². The molecular formula is C11H8N3O2S2+. The predicted molar refractivity (Wildman–Crippen MR) is 69.4 cm³/mol. The fraction of sp³-hybridized carbons (Fsp3) is 0.